The first-order chi connectivity index (χ1) is 12.7. The maximum absolute atomic E-state index is 6.18. The van der Waals surface area contributed by atoms with Crippen molar-refractivity contribution >= 4 is 23.2 Å². The molecule has 2 heterocycles. The number of nitrogens with zero attached hydrogens (tertiary/aromatic N) is 5. The topological polar surface area (TPSA) is 48.7 Å². The lowest BCUT2D eigenvalue weighted by molar-refractivity contribution is 0.372. The van der Waals surface area contributed by atoms with Crippen LogP contribution in [0.4, 0.5) is 5.69 Å². The van der Waals surface area contributed by atoms with E-state index in [1.165, 1.54) is 11.3 Å². The molecule has 1 aromatic heterocycles. The van der Waals surface area contributed by atoms with Gasteiger partial charge in [0.15, 0.2) is 5.96 Å². The first-order valence-electron chi connectivity index (χ1n) is 9.17. The number of aliphatic imine (C=N–C) groups is 1. The third-order valence-electron chi connectivity index (χ3n) is 4.60. The van der Waals surface area contributed by atoms with Crippen molar-refractivity contribution in [2.24, 2.45) is 4.99 Å². The Morgan fingerprint density at radius 1 is 1.27 bits per heavy atom. The third-order valence-corrected chi connectivity index (χ3v) is 4.84. The maximum atomic E-state index is 6.18. The van der Waals surface area contributed by atoms with E-state index >= 15 is 0 Å². The molecule has 2 aromatic rings. The van der Waals surface area contributed by atoms with E-state index in [1.54, 1.807) is 6.20 Å². The molecule has 0 amide bonds. The standard InChI is InChI=1S/C19H27ClN6/c1-3-22-19(23-7-9-24-8-6-21-15-24)26-12-10-25(11-13-26)18-14-17(20)5-4-16(18)2/h4-6,8,14-15H,3,7,9-13H2,1-2H3,(H,22,23). The van der Waals surface area contributed by atoms with Crippen LogP contribution in [0.3, 0.4) is 0 Å². The lowest BCUT2D eigenvalue weighted by Gasteiger charge is -2.38. The molecular formula is C19H27ClN6. The van der Waals surface area contributed by atoms with Gasteiger partial charge < -0.3 is 19.7 Å². The number of aromatic nitrogens is 2. The van der Waals surface area contributed by atoms with Crippen LogP contribution in [0, 0.1) is 6.92 Å². The van der Waals surface area contributed by atoms with Crippen LogP contribution < -0.4 is 10.2 Å². The van der Waals surface area contributed by atoms with Crippen molar-refractivity contribution in [3.05, 3.63) is 47.5 Å². The number of benzene rings is 1. The number of hydrogen-bond acceptors (Lipinski definition) is 3. The highest BCUT2D eigenvalue weighted by molar-refractivity contribution is 6.30. The summed E-state index contributed by atoms with van der Waals surface area (Å²) in [7, 11) is 0. The molecule has 1 aliphatic rings. The summed E-state index contributed by atoms with van der Waals surface area (Å²) in [6, 6.07) is 6.11. The van der Waals surface area contributed by atoms with E-state index < -0.39 is 0 Å². The number of piperazine rings is 1. The van der Waals surface area contributed by atoms with Gasteiger partial charge in [0.25, 0.3) is 0 Å². The van der Waals surface area contributed by atoms with E-state index in [9.17, 15) is 0 Å². The SMILES string of the molecule is CCNC(=NCCn1ccnc1)N1CCN(c2cc(Cl)ccc2C)CC1. The monoisotopic (exact) mass is 374 g/mol. The van der Waals surface area contributed by atoms with E-state index in [0.717, 1.165) is 56.8 Å². The fraction of sp³-hybridized carbons (Fsp3) is 0.474. The Morgan fingerprint density at radius 3 is 2.77 bits per heavy atom. The zero-order chi connectivity index (χ0) is 18.4. The molecule has 0 spiro atoms. The lowest BCUT2D eigenvalue weighted by atomic mass is 10.1. The summed E-state index contributed by atoms with van der Waals surface area (Å²) in [5.74, 6) is 0.995. The van der Waals surface area contributed by atoms with E-state index in [-0.39, 0.29) is 0 Å². The Morgan fingerprint density at radius 2 is 2.08 bits per heavy atom. The van der Waals surface area contributed by atoms with E-state index in [0.29, 0.717) is 0 Å². The summed E-state index contributed by atoms with van der Waals surface area (Å²) in [4.78, 5) is 13.6. The zero-order valence-electron chi connectivity index (χ0n) is 15.5. The van der Waals surface area contributed by atoms with Crippen molar-refractivity contribution in [3.8, 4) is 0 Å². The second-order valence-electron chi connectivity index (χ2n) is 6.44. The minimum atomic E-state index is 0.742. The molecule has 0 aliphatic carbocycles. The highest BCUT2D eigenvalue weighted by Crippen LogP contribution is 2.25. The summed E-state index contributed by atoms with van der Waals surface area (Å²) in [6.07, 6.45) is 5.59. The average molecular weight is 375 g/mol. The summed E-state index contributed by atoms with van der Waals surface area (Å²) < 4.78 is 2.05. The van der Waals surface area contributed by atoms with Crippen LogP contribution >= 0.6 is 11.6 Å². The fourth-order valence-electron chi connectivity index (χ4n) is 3.20. The molecule has 0 saturated carbocycles. The first kappa shape index (κ1) is 18.6. The highest BCUT2D eigenvalue weighted by atomic mass is 35.5. The number of nitrogens with one attached hydrogen (secondary N) is 1. The molecule has 1 N–H and O–H groups in total. The fourth-order valence-corrected chi connectivity index (χ4v) is 3.36. The number of rotatable bonds is 5. The molecule has 1 saturated heterocycles. The van der Waals surface area contributed by atoms with Gasteiger partial charge in [-0.2, -0.15) is 0 Å². The van der Waals surface area contributed by atoms with Crippen molar-refractivity contribution in [2.45, 2.75) is 20.4 Å². The number of guanidine groups is 1. The normalized spacial score (nSPS) is 15.4. The van der Waals surface area contributed by atoms with Gasteiger partial charge in [-0.05, 0) is 31.5 Å². The Balaban J connectivity index is 1.59. The van der Waals surface area contributed by atoms with Crippen LogP contribution in [0.5, 0.6) is 0 Å². The van der Waals surface area contributed by atoms with Crippen LogP contribution in [-0.2, 0) is 6.54 Å². The summed E-state index contributed by atoms with van der Waals surface area (Å²) in [6.45, 7) is 10.5. The molecule has 140 valence electrons. The second-order valence-corrected chi connectivity index (χ2v) is 6.88. The Bertz CT molecular complexity index is 720. The Kier molecular flexibility index (Phi) is 6.39. The molecule has 1 aliphatic heterocycles. The quantitative estimate of drug-likeness (QED) is 0.645. The van der Waals surface area contributed by atoms with E-state index in [1.807, 2.05) is 23.2 Å². The number of imidazole rings is 1. The molecule has 0 unspecified atom stereocenters. The molecule has 1 fully saturated rings. The highest BCUT2D eigenvalue weighted by Gasteiger charge is 2.20. The lowest BCUT2D eigenvalue weighted by Crippen LogP contribution is -2.52. The maximum Gasteiger partial charge on any atom is 0.194 e. The van der Waals surface area contributed by atoms with Crippen LogP contribution in [0.15, 0.2) is 41.9 Å². The minimum absolute atomic E-state index is 0.742. The van der Waals surface area contributed by atoms with Gasteiger partial charge in [0.05, 0.1) is 12.9 Å². The van der Waals surface area contributed by atoms with Crippen molar-refractivity contribution in [1.82, 2.24) is 19.8 Å². The van der Waals surface area contributed by atoms with Crippen LogP contribution in [0.25, 0.3) is 0 Å². The van der Waals surface area contributed by atoms with Gasteiger partial charge in [-0.3, -0.25) is 4.99 Å². The number of aryl methyl sites for hydroxylation is 1. The van der Waals surface area contributed by atoms with Gasteiger partial charge in [0.2, 0.25) is 0 Å². The van der Waals surface area contributed by atoms with Crippen LogP contribution in [0.2, 0.25) is 5.02 Å². The second kappa shape index (κ2) is 8.94. The molecule has 0 atom stereocenters. The van der Waals surface area contributed by atoms with Crippen molar-refractivity contribution < 1.29 is 0 Å². The van der Waals surface area contributed by atoms with E-state index in [4.69, 9.17) is 16.6 Å². The summed E-state index contributed by atoms with van der Waals surface area (Å²) in [5.41, 5.74) is 2.50. The van der Waals surface area contributed by atoms with Gasteiger partial charge in [-0.1, -0.05) is 17.7 Å². The Hall–Kier alpha value is -2.21. The molecule has 1 aromatic carbocycles. The molecule has 26 heavy (non-hydrogen) atoms. The minimum Gasteiger partial charge on any atom is -0.368 e. The predicted molar refractivity (Wildman–Crippen MR) is 108 cm³/mol. The van der Waals surface area contributed by atoms with Gasteiger partial charge >= 0.3 is 0 Å². The average Bonchev–Trinajstić information content (AvgIpc) is 3.17. The summed E-state index contributed by atoms with van der Waals surface area (Å²) >= 11 is 6.18. The largest absolute Gasteiger partial charge is 0.368 e. The van der Waals surface area contributed by atoms with E-state index in [2.05, 4.69) is 46.1 Å². The third kappa shape index (κ3) is 4.69. The van der Waals surface area contributed by atoms with Crippen molar-refractivity contribution in [3.63, 3.8) is 0 Å². The van der Waals surface area contributed by atoms with Gasteiger partial charge in [0, 0.05) is 62.4 Å². The molecule has 0 bridgehead atoms. The van der Waals surface area contributed by atoms with Gasteiger partial charge in [-0.25, -0.2) is 4.98 Å². The number of hydrogen-bond donors (Lipinski definition) is 1. The Labute approximate surface area is 160 Å². The molecule has 0 radical (unpaired) electrons. The molecular weight excluding hydrogens is 348 g/mol. The van der Waals surface area contributed by atoms with Crippen LogP contribution in [-0.4, -0.2) is 59.7 Å². The summed E-state index contributed by atoms with van der Waals surface area (Å²) in [5, 5.41) is 4.21. The predicted octanol–water partition coefficient (Wildman–Crippen LogP) is 2.63. The van der Waals surface area contributed by atoms with Crippen molar-refractivity contribution in [2.75, 3.05) is 44.2 Å². The van der Waals surface area contributed by atoms with Gasteiger partial charge in [0.1, 0.15) is 0 Å². The zero-order valence-corrected chi connectivity index (χ0v) is 16.3. The van der Waals surface area contributed by atoms with Crippen molar-refractivity contribution in [1.29, 1.82) is 0 Å². The molecule has 6 nitrogen and oxygen atoms in total. The number of halogens is 1. The van der Waals surface area contributed by atoms with Gasteiger partial charge in [-0.15, -0.1) is 0 Å². The molecule has 7 heteroatoms. The van der Waals surface area contributed by atoms with Crippen LogP contribution in [0.1, 0.15) is 12.5 Å². The smallest absolute Gasteiger partial charge is 0.194 e. The number of anilines is 1. The first-order valence-corrected chi connectivity index (χ1v) is 9.55. The molecule has 3 rings (SSSR count).